The lowest BCUT2D eigenvalue weighted by atomic mass is 10.1. The number of aromatic nitrogens is 3. The monoisotopic (exact) mass is 274 g/mol. The van der Waals surface area contributed by atoms with E-state index in [0.29, 0.717) is 16.9 Å². The zero-order valence-corrected chi connectivity index (χ0v) is 12.0. The number of carbonyl (C=O) groups is 1. The Balaban J connectivity index is 2.19. The number of hydrogen-bond donors (Lipinski definition) is 2. The highest BCUT2D eigenvalue weighted by Crippen LogP contribution is 2.16. The van der Waals surface area contributed by atoms with Gasteiger partial charge in [0.1, 0.15) is 0 Å². The molecule has 0 bridgehead atoms. The average molecular weight is 274 g/mol. The Kier molecular flexibility index (Phi) is 3.48. The molecule has 106 valence electrons. The summed E-state index contributed by atoms with van der Waals surface area (Å²) in [5.41, 5.74) is 1.13. The molecule has 2 heterocycles. The van der Waals surface area contributed by atoms with E-state index in [-0.39, 0.29) is 17.0 Å². The van der Waals surface area contributed by atoms with Gasteiger partial charge in [-0.15, -0.1) is 0 Å². The molecule has 1 amide bonds. The molecule has 0 aromatic carbocycles. The van der Waals surface area contributed by atoms with Gasteiger partial charge >= 0.3 is 0 Å². The van der Waals surface area contributed by atoms with Gasteiger partial charge in [0.05, 0.1) is 17.4 Å². The molecule has 2 N–H and O–H groups in total. The second-order valence-electron chi connectivity index (χ2n) is 5.71. The Morgan fingerprint density at radius 3 is 2.60 bits per heavy atom. The van der Waals surface area contributed by atoms with Crippen molar-refractivity contribution in [1.29, 1.82) is 0 Å². The van der Waals surface area contributed by atoms with Gasteiger partial charge in [-0.2, -0.15) is 5.10 Å². The van der Waals surface area contributed by atoms with Crippen LogP contribution in [0.3, 0.4) is 0 Å². The van der Waals surface area contributed by atoms with Crippen LogP contribution in [0, 0.1) is 6.92 Å². The summed E-state index contributed by atoms with van der Waals surface area (Å²) in [6.45, 7) is 7.79. The molecule has 0 aliphatic heterocycles. The van der Waals surface area contributed by atoms with E-state index in [1.807, 2.05) is 20.8 Å². The second-order valence-corrected chi connectivity index (χ2v) is 5.71. The maximum Gasteiger partial charge on any atom is 0.256 e. The zero-order chi connectivity index (χ0) is 14.9. The molecule has 6 nitrogen and oxygen atoms in total. The molecule has 0 unspecified atom stereocenters. The summed E-state index contributed by atoms with van der Waals surface area (Å²) >= 11 is 0. The fourth-order valence-electron chi connectivity index (χ4n) is 1.77. The van der Waals surface area contributed by atoms with Gasteiger partial charge in [0, 0.05) is 23.5 Å². The molecular formula is C14H18N4O2. The fourth-order valence-corrected chi connectivity index (χ4v) is 1.77. The number of hydrogen-bond acceptors (Lipinski definition) is 3. The number of nitrogens with zero attached hydrogens (tertiary/aromatic N) is 2. The summed E-state index contributed by atoms with van der Waals surface area (Å²) in [6.07, 6.45) is 3.35. The first-order valence-electron chi connectivity index (χ1n) is 6.33. The van der Waals surface area contributed by atoms with E-state index in [1.165, 1.54) is 6.07 Å². The van der Waals surface area contributed by atoms with Gasteiger partial charge in [-0.3, -0.25) is 14.3 Å². The van der Waals surface area contributed by atoms with E-state index < -0.39 is 0 Å². The third kappa shape index (κ3) is 3.14. The van der Waals surface area contributed by atoms with Crippen LogP contribution in [0.4, 0.5) is 5.69 Å². The molecule has 0 saturated carbocycles. The Morgan fingerprint density at radius 1 is 1.35 bits per heavy atom. The zero-order valence-electron chi connectivity index (χ0n) is 12.0. The molecule has 2 aromatic heterocycles. The summed E-state index contributed by atoms with van der Waals surface area (Å²) in [5, 5.41) is 6.93. The van der Waals surface area contributed by atoms with Crippen LogP contribution in [-0.4, -0.2) is 20.7 Å². The number of aromatic amines is 1. The molecule has 0 saturated heterocycles. The highest BCUT2D eigenvalue weighted by atomic mass is 16.2. The molecule has 2 aromatic rings. The lowest BCUT2D eigenvalue weighted by Crippen LogP contribution is -2.22. The number of nitrogens with one attached hydrogen (secondary N) is 2. The van der Waals surface area contributed by atoms with Crippen molar-refractivity contribution in [2.75, 3.05) is 5.32 Å². The molecule has 0 fully saturated rings. The second kappa shape index (κ2) is 4.96. The van der Waals surface area contributed by atoms with Gasteiger partial charge in [-0.25, -0.2) is 0 Å². The first-order chi connectivity index (χ1) is 9.25. The maximum absolute atomic E-state index is 12.1. The number of anilines is 1. The van der Waals surface area contributed by atoms with E-state index in [1.54, 1.807) is 30.1 Å². The predicted octanol–water partition coefficient (Wildman–Crippen LogP) is 1.89. The molecule has 0 atom stereocenters. The van der Waals surface area contributed by atoms with Crippen molar-refractivity contribution in [1.82, 2.24) is 14.8 Å². The lowest BCUT2D eigenvalue weighted by molar-refractivity contribution is 0.102. The molecule has 0 spiro atoms. The minimum Gasteiger partial charge on any atom is -0.326 e. The van der Waals surface area contributed by atoms with Crippen molar-refractivity contribution in [2.45, 2.75) is 33.2 Å². The Labute approximate surface area is 116 Å². The summed E-state index contributed by atoms with van der Waals surface area (Å²) in [4.78, 5) is 26.0. The van der Waals surface area contributed by atoms with Gasteiger partial charge in [0.15, 0.2) is 0 Å². The number of carbonyl (C=O) groups excluding carboxylic acids is 1. The molecule has 6 heteroatoms. The third-order valence-corrected chi connectivity index (χ3v) is 2.77. The lowest BCUT2D eigenvalue weighted by Gasteiger charge is -2.18. The molecule has 0 radical (unpaired) electrons. The maximum atomic E-state index is 12.1. The number of rotatable bonds is 2. The first-order valence-corrected chi connectivity index (χ1v) is 6.33. The van der Waals surface area contributed by atoms with Crippen molar-refractivity contribution in [3.05, 3.63) is 46.1 Å². The summed E-state index contributed by atoms with van der Waals surface area (Å²) in [7, 11) is 0. The number of H-pyrrole nitrogens is 1. The quantitative estimate of drug-likeness (QED) is 0.877. The van der Waals surface area contributed by atoms with E-state index in [9.17, 15) is 9.59 Å². The minimum absolute atomic E-state index is 0.149. The number of amides is 1. The standard InChI is InChI=1S/C14H18N4O2/c1-9-5-10(6-12(19)16-9)13(20)17-11-7-15-18(8-11)14(2,3)4/h5-8H,1-4H3,(H,16,19)(H,17,20). The van der Waals surface area contributed by atoms with Crippen LogP contribution >= 0.6 is 0 Å². The molecule has 2 rings (SSSR count). The minimum atomic E-state index is -0.326. The average Bonchev–Trinajstić information content (AvgIpc) is 2.75. The van der Waals surface area contributed by atoms with Crippen LogP contribution in [0.15, 0.2) is 29.3 Å². The Morgan fingerprint density at radius 2 is 2.05 bits per heavy atom. The summed E-state index contributed by atoms with van der Waals surface area (Å²) < 4.78 is 1.77. The normalized spacial score (nSPS) is 11.4. The Bertz CT molecular complexity index is 692. The van der Waals surface area contributed by atoms with Gasteiger partial charge < -0.3 is 10.3 Å². The van der Waals surface area contributed by atoms with Crippen LogP contribution in [-0.2, 0) is 5.54 Å². The fraction of sp³-hybridized carbons (Fsp3) is 0.357. The predicted molar refractivity (Wildman–Crippen MR) is 77.0 cm³/mol. The Hall–Kier alpha value is -2.37. The van der Waals surface area contributed by atoms with Crippen LogP contribution < -0.4 is 10.9 Å². The number of aryl methyl sites for hydroxylation is 1. The highest BCUT2D eigenvalue weighted by molar-refractivity contribution is 6.04. The van der Waals surface area contributed by atoms with Gasteiger partial charge in [-0.1, -0.05) is 0 Å². The van der Waals surface area contributed by atoms with Gasteiger partial charge in [0.2, 0.25) is 5.56 Å². The highest BCUT2D eigenvalue weighted by Gasteiger charge is 2.15. The van der Waals surface area contributed by atoms with Crippen LogP contribution in [0.5, 0.6) is 0 Å². The molecule has 0 aliphatic rings. The van der Waals surface area contributed by atoms with Crippen LogP contribution in [0.2, 0.25) is 0 Å². The summed E-state index contributed by atoms with van der Waals surface area (Å²) in [6, 6.07) is 2.90. The van der Waals surface area contributed by atoms with E-state index in [0.717, 1.165) is 0 Å². The van der Waals surface area contributed by atoms with Crippen LogP contribution in [0.25, 0.3) is 0 Å². The number of pyridine rings is 1. The molecule has 0 aliphatic carbocycles. The van der Waals surface area contributed by atoms with Gasteiger partial charge in [0.25, 0.3) is 5.91 Å². The molecule has 20 heavy (non-hydrogen) atoms. The van der Waals surface area contributed by atoms with Crippen molar-refractivity contribution in [3.63, 3.8) is 0 Å². The van der Waals surface area contributed by atoms with Crippen molar-refractivity contribution in [3.8, 4) is 0 Å². The summed E-state index contributed by atoms with van der Waals surface area (Å²) in [5.74, 6) is -0.326. The first kappa shape index (κ1) is 14.0. The van der Waals surface area contributed by atoms with Crippen molar-refractivity contribution in [2.24, 2.45) is 0 Å². The van der Waals surface area contributed by atoms with E-state index in [4.69, 9.17) is 0 Å². The van der Waals surface area contributed by atoms with Gasteiger partial charge in [-0.05, 0) is 33.8 Å². The van der Waals surface area contributed by atoms with Crippen LogP contribution in [0.1, 0.15) is 36.8 Å². The smallest absolute Gasteiger partial charge is 0.256 e. The largest absolute Gasteiger partial charge is 0.326 e. The van der Waals surface area contributed by atoms with E-state index >= 15 is 0 Å². The van der Waals surface area contributed by atoms with Crippen molar-refractivity contribution < 1.29 is 4.79 Å². The van der Waals surface area contributed by atoms with Crippen molar-refractivity contribution >= 4 is 11.6 Å². The SMILES string of the molecule is Cc1cc(C(=O)Nc2cnn(C(C)(C)C)c2)cc(=O)[nH]1. The van der Waals surface area contributed by atoms with E-state index in [2.05, 4.69) is 15.4 Å². The third-order valence-electron chi connectivity index (χ3n) is 2.77. The topological polar surface area (TPSA) is 79.8 Å². The molecular weight excluding hydrogens is 256 g/mol.